The molecule has 43 heavy (non-hydrogen) atoms. The van der Waals surface area contributed by atoms with Gasteiger partial charge in [-0.2, -0.15) is 4.98 Å². The van der Waals surface area contributed by atoms with E-state index in [2.05, 4.69) is 20.6 Å². The molecule has 0 spiro atoms. The minimum atomic E-state index is -0.677. The Morgan fingerprint density at radius 3 is 2.51 bits per heavy atom. The van der Waals surface area contributed by atoms with E-state index in [1.807, 2.05) is 42.5 Å². The van der Waals surface area contributed by atoms with Crippen molar-refractivity contribution < 1.29 is 23.5 Å². The zero-order chi connectivity index (χ0) is 30.6. The molecular weight excluding hydrogens is 550 g/mol. The van der Waals surface area contributed by atoms with Gasteiger partial charge in [0.2, 0.25) is 5.91 Å². The van der Waals surface area contributed by atoms with E-state index in [9.17, 15) is 14.4 Å². The topological polar surface area (TPSA) is 136 Å². The van der Waals surface area contributed by atoms with Crippen molar-refractivity contribution in [2.24, 2.45) is 0 Å². The van der Waals surface area contributed by atoms with Crippen molar-refractivity contribution in [2.45, 2.75) is 65.0 Å². The van der Waals surface area contributed by atoms with Gasteiger partial charge in [0.05, 0.1) is 23.6 Å². The number of nitrogens with one attached hydrogen (secondary N) is 2. The predicted molar refractivity (Wildman–Crippen MR) is 162 cm³/mol. The summed E-state index contributed by atoms with van der Waals surface area (Å²) < 4.78 is 17.2. The molecule has 2 N–H and O–H groups in total. The van der Waals surface area contributed by atoms with Gasteiger partial charge in [-0.05, 0) is 68.7 Å². The SMILES string of the molecule is Cc1c(NC(=O)OC(C)(C)C)ccc2nc(N3C[C@H](OCc4ccccc4)C[C@H]3C(=O)NCc3ccncc3)oc(=O)c12. The maximum absolute atomic E-state index is 13.4. The van der Waals surface area contributed by atoms with Gasteiger partial charge in [0.1, 0.15) is 11.6 Å². The molecule has 0 aliphatic carbocycles. The molecule has 2 aromatic carbocycles. The summed E-state index contributed by atoms with van der Waals surface area (Å²) in [7, 11) is 0. The molecule has 2 atom stereocenters. The first-order valence-electron chi connectivity index (χ1n) is 14.1. The van der Waals surface area contributed by atoms with Crippen LogP contribution in [0.15, 0.2) is 76.2 Å². The number of aryl methyl sites for hydroxylation is 1. The molecule has 11 heteroatoms. The van der Waals surface area contributed by atoms with Crippen molar-refractivity contribution in [1.82, 2.24) is 15.3 Å². The van der Waals surface area contributed by atoms with Gasteiger partial charge in [-0.15, -0.1) is 0 Å². The Bertz CT molecular complexity index is 1650. The third-order valence-corrected chi connectivity index (χ3v) is 7.04. The van der Waals surface area contributed by atoms with E-state index in [-0.39, 0.29) is 23.4 Å². The Hall–Kier alpha value is -4.77. The van der Waals surface area contributed by atoms with Gasteiger partial charge in [0.15, 0.2) is 0 Å². The number of pyridine rings is 1. The average Bonchev–Trinajstić information content (AvgIpc) is 3.41. The summed E-state index contributed by atoms with van der Waals surface area (Å²) in [6, 6.07) is 16.1. The lowest BCUT2D eigenvalue weighted by Gasteiger charge is -2.23. The molecule has 1 saturated heterocycles. The molecule has 0 radical (unpaired) electrons. The minimum Gasteiger partial charge on any atom is -0.444 e. The fraction of sp³-hybridized carbons (Fsp3) is 0.344. The van der Waals surface area contributed by atoms with Crippen LogP contribution in [-0.4, -0.2) is 46.3 Å². The number of nitrogens with zero attached hydrogens (tertiary/aromatic N) is 3. The van der Waals surface area contributed by atoms with Crippen LogP contribution in [0.4, 0.5) is 16.5 Å². The van der Waals surface area contributed by atoms with Gasteiger partial charge >= 0.3 is 17.7 Å². The summed E-state index contributed by atoms with van der Waals surface area (Å²) in [5.74, 6) is -0.236. The summed E-state index contributed by atoms with van der Waals surface area (Å²) in [6.07, 6.45) is 2.78. The van der Waals surface area contributed by atoms with Gasteiger partial charge < -0.3 is 24.1 Å². The summed E-state index contributed by atoms with van der Waals surface area (Å²) in [6.45, 7) is 8.01. The standard InChI is InChI=1S/C32H35N5O6/c1-20-24(36-31(40)43-32(2,3)4)10-11-25-27(20)29(39)42-30(35-25)37-18-23(41-19-22-8-6-5-7-9-22)16-26(37)28(38)34-17-21-12-14-33-15-13-21/h5-15,23,26H,16-19H2,1-4H3,(H,34,38)(H,36,40)/t23-,26+/m1/s1. The quantitative estimate of drug-likeness (QED) is 0.301. The van der Waals surface area contributed by atoms with Gasteiger partial charge in [-0.25, -0.2) is 9.59 Å². The number of anilines is 2. The number of amides is 2. The molecule has 1 aliphatic heterocycles. The van der Waals surface area contributed by atoms with Crippen LogP contribution < -0.4 is 21.2 Å². The normalized spacial score (nSPS) is 16.7. The van der Waals surface area contributed by atoms with E-state index in [1.54, 1.807) is 57.1 Å². The number of fused-ring (bicyclic) bond motifs is 1. The molecule has 11 nitrogen and oxygen atoms in total. The lowest BCUT2D eigenvalue weighted by molar-refractivity contribution is -0.122. The van der Waals surface area contributed by atoms with Crippen molar-refractivity contribution >= 4 is 34.6 Å². The molecule has 5 rings (SSSR count). The molecule has 0 unspecified atom stereocenters. The molecule has 224 valence electrons. The summed E-state index contributed by atoms with van der Waals surface area (Å²) >= 11 is 0. The number of rotatable bonds is 8. The first-order valence-corrected chi connectivity index (χ1v) is 14.1. The average molecular weight is 586 g/mol. The summed E-state index contributed by atoms with van der Waals surface area (Å²) in [4.78, 5) is 49.4. The van der Waals surface area contributed by atoms with Gasteiger partial charge in [0, 0.05) is 37.6 Å². The number of benzene rings is 2. The Morgan fingerprint density at radius 2 is 1.79 bits per heavy atom. The van der Waals surface area contributed by atoms with E-state index in [1.165, 1.54) is 0 Å². The lowest BCUT2D eigenvalue weighted by atomic mass is 10.1. The molecule has 2 aromatic heterocycles. The highest BCUT2D eigenvalue weighted by atomic mass is 16.6. The monoisotopic (exact) mass is 585 g/mol. The van der Waals surface area contributed by atoms with Crippen LogP contribution in [0.25, 0.3) is 10.9 Å². The second-order valence-electron chi connectivity index (χ2n) is 11.4. The molecule has 1 aliphatic rings. The fourth-order valence-corrected chi connectivity index (χ4v) is 4.95. The Labute approximate surface area is 249 Å². The highest BCUT2D eigenvalue weighted by molar-refractivity contribution is 5.93. The van der Waals surface area contributed by atoms with Crippen LogP contribution in [0.1, 0.15) is 43.9 Å². The molecule has 4 aromatic rings. The third-order valence-electron chi connectivity index (χ3n) is 7.04. The number of carbonyl (C=O) groups excluding carboxylic acids is 2. The van der Waals surface area contributed by atoms with Crippen molar-refractivity contribution in [2.75, 3.05) is 16.8 Å². The summed E-state index contributed by atoms with van der Waals surface area (Å²) in [5, 5.41) is 5.89. The highest BCUT2D eigenvalue weighted by Gasteiger charge is 2.40. The minimum absolute atomic E-state index is 0.0274. The third kappa shape index (κ3) is 7.36. The highest BCUT2D eigenvalue weighted by Crippen LogP contribution is 2.29. The summed E-state index contributed by atoms with van der Waals surface area (Å²) in [5.41, 5.74) is 1.90. The Morgan fingerprint density at radius 1 is 1.05 bits per heavy atom. The van der Waals surface area contributed by atoms with E-state index >= 15 is 0 Å². The number of aromatic nitrogens is 2. The molecule has 3 heterocycles. The molecule has 2 amide bonds. The molecule has 0 saturated carbocycles. The second-order valence-corrected chi connectivity index (χ2v) is 11.4. The van der Waals surface area contributed by atoms with Gasteiger partial charge in [-0.1, -0.05) is 30.3 Å². The van der Waals surface area contributed by atoms with Crippen LogP contribution in [0.3, 0.4) is 0 Å². The fourth-order valence-electron chi connectivity index (χ4n) is 4.95. The number of carbonyl (C=O) groups is 2. The van der Waals surface area contributed by atoms with Crippen LogP contribution >= 0.6 is 0 Å². The van der Waals surface area contributed by atoms with Crippen molar-refractivity contribution in [1.29, 1.82) is 0 Å². The van der Waals surface area contributed by atoms with Crippen molar-refractivity contribution in [3.8, 4) is 0 Å². The van der Waals surface area contributed by atoms with Crippen LogP contribution in [0.5, 0.6) is 0 Å². The van der Waals surface area contributed by atoms with Crippen molar-refractivity contribution in [3.63, 3.8) is 0 Å². The van der Waals surface area contributed by atoms with E-state index in [0.717, 1.165) is 11.1 Å². The Kier molecular flexibility index (Phi) is 8.72. The van der Waals surface area contributed by atoms with E-state index in [0.29, 0.717) is 42.9 Å². The smallest absolute Gasteiger partial charge is 0.412 e. The first kappa shape index (κ1) is 29.7. The maximum atomic E-state index is 13.4. The molecule has 1 fully saturated rings. The number of hydrogen-bond acceptors (Lipinski definition) is 9. The molecular formula is C32H35N5O6. The molecule has 0 bridgehead atoms. The maximum Gasteiger partial charge on any atom is 0.412 e. The van der Waals surface area contributed by atoms with Crippen LogP contribution in [0.2, 0.25) is 0 Å². The predicted octanol–water partition coefficient (Wildman–Crippen LogP) is 4.72. The van der Waals surface area contributed by atoms with Crippen LogP contribution in [-0.2, 0) is 27.4 Å². The Balaban J connectivity index is 1.40. The van der Waals surface area contributed by atoms with E-state index in [4.69, 9.17) is 13.9 Å². The first-order chi connectivity index (χ1) is 20.6. The van der Waals surface area contributed by atoms with Gasteiger partial charge in [0.25, 0.3) is 0 Å². The lowest BCUT2D eigenvalue weighted by Crippen LogP contribution is -2.43. The largest absolute Gasteiger partial charge is 0.444 e. The van der Waals surface area contributed by atoms with Gasteiger partial charge in [-0.3, -0.25) is 15.1 Å². The number of hydrogen-bond donors (Lipinski definition) is 2. The van der Waals surface area contributed by atoms with E-state index < -0.39 is 23.4 Å². The van der Waals surface area contributed by atoms with Crippen molar-refractivity contribution in [3.05, 3.63) is 94.1 Å². The number of ether oxygens (including phenoxy) is 2. The zero-order valence-electron chi connectivity index (χ0n) is 24.6. The second kappa shape index (κ2) is 12.6. The van der Waals surface area contributed by atoms with Crippen LogP contribution in [0, 0.1) is 6.92 Å². The zero-order valence-corrected chi connectivity index (χ0v) is 24.6.